The molecule has 0 saturated carbocycles. The van der Waals surface area contributed by atoms with Crippen molar-refractivity contribution >= 4 is 5.91 Å². The number of aryl methyl sites for hydroxylation is 1. The molecule has 1 aromatic carbocycles. The average molecular weight is 297 g/mol. The van der Waals surface area contributed by atoms with Gasteiger partial charge in [0.15, 0.2) is 0 Å². The van der Waals surface area contributed by atoms with Crippen LogP contribution in [0, 0.1) is 29.6 Å². The third-order valence-corrected chi connectivity index (χ3v) is 3.68. The molecule has 4 nitrogen and oxygen atoms in total. The maximum Gasteiger partial charge on any atom is 0.222 e. The summed E-state index contributed by atoms with van der Waals surface area (Å²) < 4.78 is 0. The molecule has 0 heterocycles. The second-order valence-electron chi connectivity index (χ2n) is 5.47. The molecule has 0 N–H and O–H groups in total. The quantitative estimate of drug-likeness (QED) is 0.771. The van der Waals surface area contributed by atoms with Gasteiger partial charge in [-0.25, -0.2) is 0 Å². The first-order valence-electron chi connectivity index (χ1n) is 7.78. The molecule has 0 unspecified atom stereocenters. The molecule has 1 rings (SSSR count). The van der Waals surface area contributed by atoms with Gasteiger partial charge in [-0.05, 0) is 43.0 Å². The van der Waals surface area contributed by atoms with Crippen molar-refractivity contribution in [3.8, 4) is 12.1 Å². The standard InChI is InChI=1S/C18H23N3O/c1-4-6-8-21(18(22)7-5-2)13-17-10-16(12-20)15(11-19)9-14(17)3/h9-10H,4-8,13H2,1-3H3. The molecule has 0 aliphatic heterocycles. The lowest BCUT2D eigenvalue weighted by atomic mass is 9.99. The van der Waals surface area contributed by atoms with Gasteiger partial charge in [0.2, 0.25) is 5.91 Å². The summed E-state index contributed by atoms with van der Waals surface area (Å²) in [5.74, 6) is 0.151. The predicted molar refractivity (Wildman–Crippen MR) is 85.8 cm³/mol. The molecular formula is C18H23N3O. The Morgan fingerprint density at radius 3 is 2.32 bits per heavy atom. The van der Waals surface area contributed by atoms with E-state index in [0.29, 0.717) is 24.1 Å². The van der Waals surface area contributed by atoms with Gasteiger partial charge in [-0.2, -0.15) is 10.5 Å². The Morgan fingerprint density at radius 1 is 1.14 bits per heavy atom. The number of rotatable bonds is 7. The molecule has 22 heavy (non-hydrogen) atoms. The highest BCUT2D eigenvalue weighted by Gasteiger charge is 2.15. The first kappa shape index (κ1) is 17.7. The molecule has 0 bridgehead atoms. The van der Waals surface area contributed by atoms with Gasteiger partial charge in [0.1, 0.15) is 12.1 Å². The second-order valence-corrected chi connectivity index (χ2v) is 5.47. The van der Waals surface area contributed by atoms with Gasteiger partial charge in [-0.1, -0.05) is 20.3 Å². The van der Waals surface area contributed by atoms with Gasteiger partial charge < -0.3 is 4.90 Å². The highest BCUT2D eigenvalue weighted by molar-refractivity contribution is 5.76. The van der Waals surface area contributed by atoms with Gasteiger partial charge in [0.05, 0.1) is 11.1 Å². The van der Waals surface area contributed by atoms with Gasteiger partial charge in [0, 0.05) is 19.5 Å². The van der Waals surface area contributed by atoms with Crippen molar-refractivity contribution in [3.05, 3.63) is 34.4 Å². The van der Waals surface area contributed by atoms with E-state index in [1.165, 1.54) is 0 Å². The minimum atomic E-state index is 0.151. The van der Waals surface area contributed by atoms with Gasteiger partial charge >= 0.3 is 0 Å². The van der Waals surface area contributed by atoms with Crippen molar-refractivity contribution < 1.29 is 4.79 Å². The summed E-state index contributed by atoms with van der Waals surface area (Å²) >= 11 is 0. The molecule has 1 amide bonds. The van der Waals surface area contributed by atoms with E-state index < -0.39 is 0 Å². The number of unbranched alkanes of at least 4 members (excludes halogenated alkanes) is 1. The number of amides is 1. The minimum Gasteiger partial charge on any atom is -0.338 e. The van der Waals surface area contributed by atoms with Crippen molar-refractivity contribution in [3.63, 3.8) is 0 Å². The van der Waals surface area contributed by atoms with E-state index in [0.717, 1.165) is 36.9 Å². The molecule has 1 aromatic rings. The lowest BCUT2D eigenvalue weighted by Crippen LogP contribution is -2.31. The van der Waals surface area contributed by atoms with E-state index >= 15 is 0 Å². The zero-order valence-corrected chi connectivity index (χ0v) is 13.6. The van der Waals surface area contributed by atoms with Crippen LogP contribution in [0.5, 0.6) is 0 Å². The first-order valence-corrected chi connectivity index (χ1v) is 7.78. The molecular weight excluding hydrogens is 274 g/mol. The van der Waals surface area contributed by atoms with Crippen LogP contribution in [0.4, 0.5) is 0 Å². The third-order valence-electron chi connectivity index (χ3n) is 3.68. The number of carbonyl (C=O) groups excluding carboxylic acids is 1. The maximum atomic E-state index is 12.3. The summed E-state index contributed by atoms with van der Waals surface area (Å²) in [5.41, 5.74) is 2.66. The number of hydrogen-bond donors (Lipinski definition) is 0. The van der Waals surface area contributed by atoms with E-state index in [1.807, 2.05) is 24.8 Å². The summed E-state index contributed by atoms with van der Waals surface area (Å²) in [6.45, 7) is 7.25. The van der Waals surface area contributed by atoms with Crippen LogP contribution in [0.2, 0.25) is 0 Å². The Morgan fingerprint density at radius 2 is 1.77 bits per heavy atom. The van der Waals surface area contributed by atoms with Crippen LogP contribution in [0.15, 0.2) is 12.1 Å². The van der Waals surface area contributed by atoms with Gasteiger partial charge in [0.25, 0.3) is 0 Å². The van der Waals surface area contributed by atoms with Crippen LogP contribution in [-0.4, -0.2) is 17.4 Å². The fourth-order valence-corrected chi connectivity index (χ4v) is 2.33. The van der Waals surface area contributed by atoms with Crippen LogP contribution < -0.4 is 0 Å². The third kappa shape index (κ3) is 4.60. The van der Waals surface area contributed by atoms with Crippen molar-refractivity contribution in [2.75, 3.05) is 6.54 Å². The Labute approximate surface area is 133 Å². The topological polar surface area (TPSA) is 67.9 Å². The van der Waals surface area contributed by atoms with E-state index in [9.17, 15) is 4.79 Å². The summed E-state index contributed by atoms with van der Waals surface area (Å²) in [6.07, 6.45) is 3.38. The second kappa shape index (κ2) is 8.85. The Bertz CT molecular complexity index is 608. The van der Waals surface area contributed by atoms with E-state index in [1.54, 1.807) is 12.1 Å². The lowest BCUT2D eigenvalue weighted by Gasteiger charge is -2.24. The zero-order valence-electron chi connectivity index (χ0n) is 13.6. The van der Waals surface area contributed by atoms with Gasteiger partial charge in [-0.15, -0.1) is 0 Å². The fraction of sp³-hybridized carbons (Fsp3) is 0.500. The minimum absolute atomic E-state index is 0.151. The summed E-state index contributed by atoms with van der Waals surface area (Å²) in [5, 5.41) is 18.2. The molecule has 0 spiro atoms. The van der Waals surface area contributed by atoms with Crippen molar-refractivity contribution in [2.24, 2.45) is 0 Å². The van der Waals surface area contributed by atoms with Crippen LogP contribution >= 0.6 is 0 Å². The highest BCUT2D eigenvalue weighted by Crippen LogP contribution is 2.18. The molecule has 4 heteroatoms. The molecule has 0 aliphatic carbocycles. The van der Waals surface area contributed by atoms with Crippen molar-refractivity contribution in [1.82, 2.24) is 4.90 Å². The SMILES string of the molecule is CCCCN(Cc1cc(C#N)c(C#N)cc1C)C(=O)CCC. The smallest absolute Gasteiger partial charge is 0.222 e. The largest absolute Gasteiger partial charge is 0.338 e. The fourth-order valence-electron chi connectivity index (χ4n) is 2.33. The van der Waals surface area contributed by atoms with Crippen LogP contribution in [0.25, 0.3) is 0 Å². The number of nitriles is 2. The zero-order chi connectivity index (χ0) is 16.5. The predicted octanol–water partition coefficient (Wildman–Crippen LogP) is 3.67. The summed E-state index contributed by atoms with van der Waals surface area (Å²) in [4.78, 5) is 14.1. The Balaban J connectivity index is 3.05. The van der Waals surface area contributed by atoms with E-state index in [-0.39, 0.29) is 5.91 Å². The highest BCUT2D eigenvalue weighted by atomic mass is 16.2. The van der Waals surface area contributed by atoms with Crippen LogP contribution in [-0.2, 0) is 11.3 Å². The Kier molecular flexibility index (Phi) is 7.13. The normalized spacial score (nSPS) is 9.86. The maximum absolute atomic E-state index is 12.3. The monoisotopic (exact) mass is 297 g/mol. The summed E-state index contributed by atoms with van der Waals surface area (Å²) in [7, 11) is 0. The average Bonchev–Trinajstić information content (AvgIpc) is 2.52. The molecule has 0 aromatic heterocycles. The number of nitrogens with zero attached hydrogens (tertiary/aromatic N) is 3. The first-order chi connectivity index (χ1) is 10.6. The molecule has 0 saturated heterocycles. The molecule has 0 radical (unpaired) electrons. The van der Waals surface area contributed by atoms with Crippen LogP contribution in [0.3, 0.4) is 0 Å². The van der Waals surface area contributed by atoms with Crippen molar-refractivity contribution in [2.45, 2.75) is 53.0 Å². The Hall–Kier alpha value is -2.33. The number of carbonyl (C=O) groups is 1. The molecule has 0 aliphatic rings. The van der Waals surface area contributed by atoms with Gasteiger partial charge in [-0.3, -0.25) is 4.79 Å². The molecule has 0 atom stereocenters. The lowest BCUT2D eigenvalue weighted by molar-refractivity contribution is -0.131. The number of hydrogen-bond acceptors (Lipinski definition) is 3. The molecule has 116 valence electrons. The molecule has 0 fully saturated rings. The summed E-state index contributed by atoms with van der Waals surface area (Å²) in [6, 6.07) is 7.58. The van der Waals surface area contributed by atoms with E-state index in [2.05, 4.69) is 13.0 Å². The van der Waals surface area contributed by atoms with Crippen molar-refractivity contribution in [1.29, 1.82) is 10.5 Å². The van der Waals surface area contributed by atoms with Crippen LogP contribution in [0.1, 0.15) is 61.8 Å². The van der Waals surface area contributed by atoms with E-state index in [4.69, 9.17) is 10.5 Å². The number of benzene rings is 1.